The van der Waals surface area contributed by atoms with Crippen molar-refractivity contribution in [3.05, 3.63) is 35.9 Å². The van der Waals surface area contributed by atoms with Gasteiger partial charge >= 0.3 is 0 Å². The minimum absolute atomic E-state index is 0.107. The van der Waals surface area contributed by atoms with Crippen molar-refractivity contribution in [2.45, 2.75) is 56.8 Å². The Balaban J connectivity index is 1.39. The summed E-state index contributed by atoms with van der Waals surface area (Å²) < 4.78 is 0. The predicted molar refractivity (Wildman–Crippen MR) is 109 cm³/mol. The van der Waals surface area contributed by atoms with Gasteiger partial charge in [0, 0.05) is 51.2 Å². The summed E-state index contributed by atoms with van der Waals surface area (Å²) in [5, 5.41) is 3.16. The molecule has 0 radical (unpaired) electrons. The number of rotatable bonds is 5. The lowest BCUT2D eigenvalue weighted by Gasteiger charge is -2.33. The second kappa shape index (κ2) is 8.62. The van der Waals surface area contributed by atoms with Crippen LogP contribution >= 0.6 is 0 Å². The highest BCUT2D eigenvalue weighted by molar-refractivity contribution is 5.83. The Morgan fingerprint density at radius 1 is 1.14 bits per heavy atom. The summed E-state index contributed by atoms with van der Waals surface area (Å²) in [6, 6.07) is 10.7. The van der Waals surface area contributed by atoms with Crippen molar-refractivity contribution >= 4 is 11.8 Å². The Labute approximate surface area is 167 Å². The SMILES string of the molecule is CN1C(CCC(=O)N2CCCC2)CNC(=O)C2C1CCN2Cc1ccccc1. The zero-order valence-corrected chi connectivity index (χ0v) is 16.8. The maximum Gasteiger partial charge on any atom is 0.239 e. The molecule has 3 fully saturated rings. The van der Waals surface area contributed by atoms with Crippen molar-refractivity contribution in [2.24, 2.45) is 0 Å². The van der Waals surface area contributed by atoms with E-state index in [9.17, 15) is 9.59 Å². The van der Waals surface area contributed by atoms with Crippen LogP contribution in [-0.2, 0) is 16.1 Å². The van der Waals surface area contributed by atoms with Gasteiger partial charge in [0.2, 0.25) is 11.8 Å². The minimum atomic E-state index is -0.107. The third-order valence-electron chi connectivity index (χ3n) is 6.73. The molecule has 0 aromatic heterocycles. The number of likely N-dealkylation sites (N-methyl/N-ethyl adjacent to an activating group) is 1. The molecule has 152 valence electrons. The van der Waals surface area contributed by atoms with Crippen LogP contribution in [0.5, 0.6) is 0 Å². The van der Waals surface area contributed by atoms with E-state index in [0.29, 0.717) is 13.0 Å². The molecule has 2 amide bonds. The average molecular weight is 385 g/mol. The van der Waals surface area contributed by atoms with Crippen LogP contribution in [0.15, 0.2) is 30.3 Å². The van der Waals surface area contributed by atoms with E-state index in [2.05, 4.69) is 46.4 Å². The standard InChI is InChI=1S/C22H32N4O2/c1-24-18(9-10-20(27)25-12-5-6-13-25)15-23-22(28)21-19(24)11-14-26(21)16-17-7-3-2-4-8-17/h2-4,7-8,18-19,21H,5-6,9-16H2,1H3,(H,23,28). The van der Waals surface area contributed by atoms with Crippen LogP contribution in [-0.4, -0.2) is 77.9 Å². The highest BCUT2D eigenvalue weighted by Crippen LogP contribution is 2.28. The summed E-state index contributed by atoms with van der Waals surface area (Å²) in [5.41, 5.74) is 1.25. The first-order valence-corrected chi connectivity index (χ1v) is 10.7. The number of hydrogen-bond donors (Lipinski definition) is 1. The Morgan fingerprint density at radius 3 is 2.64 bits per heavy atom. The van der Waals surface area contributed by atoms with Gasteiger partial charge in [0.15, 0.2) is 0 Å². The van der Waals surface area contributed by atoms with Gasteiger partial charge in [0.05, 0.1) is 0 Å². The van der Waals surface area contributed by atoms with Crippen molar-refractivity contribution in [2.75, 3.05) is 33.2 Å². The zero-order valence-electron chi connectivity index (χ0n) is 16.8. The third-order valence-corrected chi connectivity index (χ3v) is 6.73. The first kappa shape index (κ1) is 19.4. The molecule has 3 aliphatic heterocycles. The third kappa shape index (κ3) is 4.08. The molecule has 0 bridgehead atoms. The Morgan fingerprint density at radius 2 is 1.89 bits per heavy atom. The molecule has 1 N–H and O–H groups in total. The lowest BCUT2D eigenvalue weighted by molar-refractivity contribution is -0.130. The van der Waals surface area contributed by atoms with E-state index < -0.39 is 0 Å². The lowest BCUT2D eigenvalue weighted by atomic mass is 10.0. The molecule has 6 nitrogen and oxygen atoms in total. The summed E-state index contributed by atoms with van der Waals surface area (Å²) in [6.07, 6.45) is 4.65. The highest BCUT2D eigenvalue weighted by atomic mass is 16.2. The van der Waals surface area contributed by atoms with Crippen LogP contribution in [0.3, 0.4) is 0 Å². The molecule has 1 aromatic carbocycles. The van der Waals surface area contributed by atoms with E-state index in [1.54, 1.807) is 0 Å². The monoisotopic (exact) mass is 384 g/mol. The van der Waals surface area contributed by atoms with E-state index in [4.69, 9.17) is 0 Å². The molecular formula is C22H32N4O2. The smallest absolute Gasteiger partial charge is 0.239 e. The molecule has 6 heteroatoms. The fraction of sp³-hybridized carbons (Fsp3) is 0.636. The van der Waals surface area contributed by atoms with Crippen molar-refractivity contribution < 1.29 is 9.59 Å². The quantitative estimate of drug-likeness (QED) is 0.835. The van der Waals surface area contributed by atoms with Crippen molar-refractivity contribution in [1.82, 2.24) is 20.0 Å². The van der Waals surface area contributed by atoms with Crippen LogP contribution in [0.2, 0.25) is 0 Å². The van der Waals surface area contributed by atoms with Gasteiger partial charge in [-0.25, -0.2) is 0 Å². The number of fused-ring (bicyclic) bond motifs is 1. The van der Waals surface area contributed by atoms with Crippen molar-refractivity contribution in [3.8, 4) is 0 Å². The molecule has 28 heavy (non-hydrogen) atoms. The molecule has 1 aromatic rings. The van der Waals surface area contributed by atoms with Crippen LogP contribution in [0.4, 0.5) is 0 Å². The molecule has 4 rings (SSSR count). The number of carbonyl (C=O) groups is 2. The highest BCUT2D eigenvalue weighted by Gasteiger charge is 2.44. The van der Waals surface area contributed by atoms with Crippen LogP contribution in [0.25, 0.3) is 0 Å². The molecule has 0 spiro atoms. The van der Waals surface area contributed by atoms with E-state index in [0.717, 1.165) is 51.9 Å². The zero-order chi connectivity index (χ0) is 19.5. The number of benzene rings is 1. The normalized spacial score (nSPS) is 28.8. The summed E-state index contributed by atoms with van der Waals surface area (Å²) >= 11 is 0. The fourth-order valence-corrected chi connectivity index (χ4v) is 5.06. The molecule has 0 aliphatic carbocycles. The Kier molecular flexibility index (Phi) is 5.97. The lowest BCUT2D eigenvalue weighted by Crippen LogP contribution is -2.49. The number of amides is 2. The molecule has 3 unspecified atom stereocenters. The van der Waals surface area contributed by atoms with Gasteiger partial charge in [0.1, 0.15) is 6.04 Å². The van der Waals surface area contributed by atoms with E-state index in [-0.39, 0.29) is 29.9 Å². The van der Waals surface area contributed by atoms with E-state index >= 15 is 0 Å². The second-order valence-electron chi connectivity index (χ2n) is 8.45. The van der Waals surface area contributed by atoms with E-state index in [1.807, 2.05) is 11.0 Å². The number of nitrogens with zero attached hydrogens (tertiary/aromatic N) is 3. The predicted octanol–water partition coefficient (Wildman–Crippen LogP) is 1.46. The molecule has 3 aliphatic rings. The van der Waals surface area contributed by atoms with Gasteiger partial charge in [-0.15, -0.1) is 0 Å². The van der Waals surface area contributed by atoms with Gasteiger partial charge < -0.3 is 10.2 Å². The van der Waals surface area contributed by atoms with E-state index in [1.165, 1.54) is 5.56 Å². The summed E-state index contributed by atoms with van der Waals surface area (Å²) in [5.74, 6) is 0.411. The number of hydrogen-bond acceptors (Lipinski definition) is 4. The average Bonchev–Trinajstić information content (AvgIpc) is 3.36. The van der Waals surface area contributed by atoms with Gasteiger partial charge in [0.25, 0.3) is 0 Å². The molecule has 3 atom stereocenters. The Bertz CT molecular complexity index is 689. The van der Waals surface area contributed by atoms with Crippen molar-refractivity contribution in [3.63, 3.8) is 0 Å². The summed E-state index contributed by atoms with van der Waals surface area (Å²) in [6.45, 7) is 4.20. The van der Waals surface area contributed by atoms with Crippen LogP contribution < -0.4 is 5.32 Å². The number of carbonyl (C=O) groups excluding carboxylic acids is 2. The van der Waals surface area contributed by atoms with Gasteiger partial charge in [-0.1, -0.05) is 30.3 Å². The first-order valence-electron chi connectivity index (χ1n) is 10.7. The van der Waals surface area contributed by atoms with Crippen molar-refractivity contribution in [1.29, 1.82) is 0 Å². The topological polar surface area (TPSA) is 55.9 Å². The largest absolute Gasteiger partial charge is 0.353 e. The minimum Gasteiger partial charge on any atom is -0.353 e. The Hall–Kier alpha value is -1.92. The molecule has 3 heterocycles. The number of nitrogens with one attached hydrogen (secondary N) is 1. The number of likely N-dealkylation sites (tertiary alicyclic amines) is 2. The second-order valence-corrected chi connectivity index (χ2v) is 8.45. The fourth-order valence-electron chi connectivity index (χ4n) is 5.06. The maximum absolute atomic E-state index is 12.9. The van der Waals surface area contributed by atoms with Gasteiger partial charge in [-0.3, -0.25) is 19.4 Å². The molecule has 0 saturated carbocycles. The van der Waals surface area contributed by atoms with Gasteiger partial charge in [-0.05, 0) is 38.3 Å². The van der Waals surface area contributed by atoms with Gasteiger partial charge in [-0.2, -0.15) is 0 Å². The maximum atomic E-state index is 12.9. The van der Waals surface area contributed by atoms with Crippen LogP contribution in [0.1, 0.15) is 37.7 Å². The first-order chi connectivity index (χ1) is 13.6. The summed E-state index contributed by atoms with van der Waals surface area (Å²) in [7, 11) is 2.13. The summed E-state index contributed by atoms with van der Waals surface area (Å²) in [4.78, 5) is 32.0. The van der Waals surface area contributed by atoms with Crippen LogP contribution in [0, 0.1) is 0 Å². The molecule has 3 saturated heterocycles. The molecular weight excluding hydrogens is 352 g/mol.